The van der Waals surface area contributed by atoms with Gasteiger partial charge in [0.1, 0.15) is 0 Å². The second kappa shape index (κ2) is 9.73. The number of nitrogens with zero attached hydrogens (tertiary/aromatic N) is 1. The molecule has 2 aromatic rings. The van der Waals surface area contributed by atoms with Gasteiger partial charge in [-0.25, -0.2) is 13.6 Å². The van der Waals surface area contributed by atoms with Gasteiger partial charge in [-0.2, -0.15) is 0 Å². The molecule has 2 aromatic carbocycles. The zero-order chi connectivity index (χ0) is 21.7. The van der Waals surface area contributed by atoms with Crippen molar-refractivity contribution in [2.75, 3.05) is 18.4 Å². The lowest BCUT2D eigenvalue weighted by molar-refractivity contribution is -0.117. The number of nitrogens with one attached hydrogen (secondary N) is 1. The molecule has 30 heavy (non-hydrogen) atoms. The van der Waals surface area contributed by atoms with Crippen LogP contribution in [-0.4, -0.2) is 38.4 Å². The molecular weight excluding hydrogens is 398 g/mol. The molecule has 0 spiro atoms. The monoisotopic (exact) mass is 429 g/mol. The smallest absolute Gasteiger partial charge is 0.238 e. The minimum atomic E-state index is -3.84. The third-order valence-corrected chi connectivity index (χ3v) is 6.85. The van der Waals surface area contributed by atoms with Crippen LogP contribution in [0.15, 0.2) is 47.4 Å². The van der Waals surface area contributed by atoms with Crippen molar-refractivity contribution >= 4 is 21.6 Å². The fourth-order valence-electron chi connectivity index (χ4n) is 4.07. The summed E-state index contributed by atoms with van der Waals surface area (Å²) in [6.07, 6.45) is 5.51. The van der Waals surface area contributed by atoms with Gasteiger partial charge in [-0.05, 0) is 61.9 Å². The normalized spacial score (nSPS) is 14.9. The predicted octanol–water partition coefficient (Wildman–Crippen LogP) is 3.38. The van der Waals surface area contributed by atoms with Crippen molar-refractivity contribution in [1.82, 2.24) is 4.90 Å². The maximum atomic E-state index is 12.9. The summed E-state index contributed by atoms with van der Waals surface area (Å²) < 4.78 is 23.5. The van der Waals surface area contributed by atoms with Gasteiger partial charge >= 0.3 is 0 Å². The van der Waals surface area contributed by atoms with E-state index in [9.17, 15) is 13.2 Å². The molecule has 1 aliphatic rings. The quantitative estimate of drug-likeness (QED) is 0.673. The minimum absolute atomic E-state index is 0.0117. The second-order valence-electron chi connectivity index (χ2n) is 8.15. The number of primary sulfonamides is 1. The molecule has 0 unspecified atom stereocenters. The number of nitrogens with two attached hydrogens (primary N) is 1. The van der Waals surface area contributed by atoms with Gasteiger partial charge in [0.2, 0.25) is 15.9 Å². The lowest BCUT2D eigenvalue weighted by atomic mass is 10.1. The Balaban J connectivity index is 1.72. The van der Waals surface area contributed by atoms with Crippen molar-refractivity contribution in [3.05, 3.63) is 59.2 Å². The van der Waals surface area contributed by atoms with Gasteiger partial charge in [0.25, 0.3) is 0 Å². The number of anilines is 1. The molecule has 162 valence electrons. The van der Waals surface area contributed by atoms with Crippen molar-refractivity contribution < 1.29 is 13.2 Å². The molecule has 0 saturated heterocycles. The van der Waals surface area contributed by atoms with E-state index < -0.39 is 10.0 Å². The second-order valence-corrected chi connectivity index (χ2v) is 9.71. The highest BCUT2D eigenvalue weighted by molar-refractivity contribution is 7.89. The first kappa shape index (κ1) is 22.5. The molecule has 1 aliphatic carbocycles. The van der Waals surface area contributed by atoms with E-state index in [4.69, 9.17) is 5.14 Å². The lowest BCUT2D eigenvalue weighted by Gasteiger charge is -2.28. The Bertz CT molecular complexity index is 984. The summed E-state index contributed by atoms with van der Waals surface area (Å²) in [6.45, 7) is 4.78. The molecule has 3 N–H and O–H groups in total. The Kier molecular flexibility index (Phi) is 7.28. The summed E-state index contributed by atoms with van der Waals surface area (Å²) in [6, 6.07) is 13.7. The van der Waals surface area contributed by atoms with E-state index in [1.54, 1.807) is 0 Å². The lowest BCUT2D eigenvalue weighted by Crippen LogP contribution is -2.41. The van der Waals surface area contributed by atoms with Crippen LogP contribution in [0.4, 0.5) is 5.69 Å². The molecule has 0 aliphatic heterocycles. The molecule has 1 fully saturated rings. The molecule has 0 aromatic heterocycles. The number of carbonyl (C=O) groups excluding carboxylic acids is 1. The highest BCUT2D eigenvalue weighted by Crippen LogP contribution is 2.25. The molecule has 0 radical (unpaired) electrons. The van der Waals surface area contributed by atoms with Crippen molar-refractivity contribution in [2.45, 2.75) is 56.9 Å². The summed E-state index contributed by atoms with van der Waals surface area (Å²) in [7, 11) is -3.84. The van der Waals surface area contributed by atoms with Gasteiger partial charge in [0, 0.05) is 18.3 Å². The number of aryl methyl sites for hydroxylation is 1. The van der Waals surface area contributed by atoms with E-state index >= 15 is 0 Å². The summed E-state index contributed by atoms with van der Waals surface area (Å²) in [4.78, 5) is 15.2. The van der Waals surface area contributed by atoms with Gasteiger partial charge in [-0.3, -0.25) is 9.69 Å². The van der Waals surface area contributed by atoms with Gasteiger partial charge in [-0.15, -0.1) is 0 Å². The molecule has 6 nitrogen and oxygen atoms in total. The Morgan fingerprint density at radius 1 is 1.13 bits per heavy atom. The van der Waals surface area contributed by atoms with Crippen molar-refractivity contribution in [1.29, 1.82) is 0 Å². The van der Waals surface area contributed by atoms with Gasteiger partial charge < -0.3 is 5.32 Å². The Morgan fingerprint density at radius 3 is 2.43 bits per heavy atom. The third-order valence-electron chi connectivity index (χ3n) is 5.96. The molecule has 0 heterocycles. The van der Waals surface area contributed by atoms with E-state index in [2.05, 4.69) is 22.3 Å². The number of amides is 1. The average Bonchev–Trinajstić information content (AvgIpc) is 3.23. The van der Waals surface area contributed by atoms with Crippen LogP contribution in [0, 0.1) is 13.8 Å². The number of hydrogen-bond donors (Lipinski definition) is 2. The minimum Gasteiger partial charge on any atom is -0.325 e. The zero-order valence-corrected chi connectivity index (χ0v) is 18.5. The maximum Gasteiger partial charge on any atom is 0.238 e. The fraction of sp³-hybridized carbons (Fsp3) is 0.435. The topological polar surface area (TPSA) is 92.5 Å². The van der Waals surface area contributed by atoms with Crippen LogP contribution in [0.3, 0.4) is 0 Å². The summed E-state index contributed by atoms with van der Waals surface area (Å²) in [5, 5.41) is 8.20. The Labute approximate surface area is 179 Å². The van der Waals surface area contributed by atoms with Crippen molar-refractivity contribution in [3.63, 3.8) is 0 Å². The number of carbonyl (C=O) groups is 1. The molecule has 3 rings (SSSR count). The van der Waals surface area contributed by atoms with Gasteiger partial charge in [0.05, 0.1) is 11.4 Å². The first-order valence-corrected chi connectivity index (χ1v) is 12.0. The number of hydrogen-bond acceptors (Lipinski definition) is 4. The molecule has 1 amide bonds. The predicted molar refractivity (Wildman–Crippen MR) is 120 cm³/mol. The summed E-state index contributed by atoms with van der Waals surface area (Å²) in [5.74, 6) is -0.135. The van der Waals surface area contributed by atoms with Crippen LogP contribution in [0.5, 0.6) is 0 Å². The van der Waals surface area contributed by atoms with E-state index in [1.165, 1.54) is 30.5 Å². The first-order chi connectivity index (χ1) is 14.2. The van der Waals surface area contributed by atoms with Crippen LogP contribution >= 0.6 is 0 Å². The average molecular weight is 430 g/mol. The van der Waals surface area contributed by atoms with Crippen LogP contribution < -0.4 is 10.5 Å². The van der Waals surface area contributed by atoms with Crippen molar-refractivity contribution in [3.8, 4) is 0 Å². The van der Waals surface area contributed by atoms with Gasteiger partial charge in [0.15, 0.2) is 0 Å². The summed E-state index contributed by atoms with van der Waals surface area (Å²) in [5.41, 5.74) is 3.37. The fourth-order valence-corrected chi connectivity index (χ4v) is 4.70. The van der Waals surface area contributed by atoms with Crippen LogP contribution in [-0.2, 0) is 21.2 Å². The van der Waals surface area contributed by atoms with Crippen molar-refractivity contribution in [2.24, 2.45) is 5.14 Å². The number of sulfonamides is 1. The largest absolute Gasteiger partial charge is 0.325 e. The van der Waals surface area contributed by atoms with Gasteiger partial charge in [-0.1, -0.05) is 43.2 Å². The number of rotatable bonds is 8. The molecule has 7 heteroatoms. The maximum absolute atomic E-state index is 12.9. The molecule has 1 saturated carbocycles. The van der Waals surface area contributed by atoms with Crippen LogP contribution in [0.1, 0.15) is 42.4 Å². The highest BCUT2D eigenvalue weighted by Gasteiger charge is 2.24. The molecule has 0 atom stereocenters. The number of benzene rings is 2. The highest BCUT2D eigenvalue weighted by atomic mass is 32.2. The third kappa shape index (κ3) is 5.90. The van der Waals surface area contributed by atoms with Crippen LogP contribution in [0.2, 0.25) is 0 Å². The Morgan fingerprint density at radius 2 is 1.80 bits per heavy atom. The Hall–Kier alpha value is -2.22. The first-order valence-electron chi connectivity index (χ1n) is 10.5. The van der Waals surface area contributed by atoms with E-state index in [-0.39, 0.29) is 17.3 Å². The zero-order valence-electron chi connectivity index (χ0n) is 17.7. The summed E-state index contributed by atoms with van der Waals surface area (Å²) >= 11 is 0. The van der Waals surface area contributed by atoms with E-state index in [1.807, 2.05) is 32.0 Å². The standard InChI is InChI=1S/C23H31N3O3S/c1-17-14-21(30(24,28)29)15-22(18(17)2)25-23(27)16-26(20-10-6-7-11-20)13-12-19-8-4-3-5-9-19/h3-5,8-9,14-15,20H,6-7,10-13,16H2,1-2H3,(H,25,27)(H2,24,28,29). The molecule has 0 bridgehead atoms. The van der Waals surface area contributed by atoms with Crippen LogP contribution in [0.25, 0.3) is 0 Å². The van der Waals surface area contributed by atoms with E-state index in [0.717, 1.165) is 36.9 Å². The van der Waals surface area contributed by atoms with E-state index in [0.29, 0.717) is 11.7 Å². The SMILES string of the molecule is Cc1cc(S(N)(=O)=O)cc(NC(=O)CN(CCc2ccccc2)C2CCCC2)c1C. The molecular formula is C23H31N3O3S.